The van der Waals surface area contributed by atoms with Gasteiger partial charge in [-0.2, -0.15) is 0 Å². The van der Waals surface area contributed by atoms with Crippen LogP contribution in [0.3, 0.4) is 0 Å². The van der Waals surface area contributed by atoms with E-state index < -0.39 is 0 Å². The van der Waals surface area contributed by atoms with E-state index in [2.05, 4.69) is 5.32 Å². The van der Waals surface area contributed by atoms with Crippen molar-refractivity contribution in [3.05, 3.63) is 0 Å². The van der Waals surface area contributed by atoms with E-state index in [1.54, 1.807) is 0 Å². The van der Waals surface area contributed by atoms with Crippen LogP contribution >= 0.6 is 0 Å². The summed E-state index contributed by atoms with van der Waals surface area (Å²) in [7, 11) is 0. The Kier molecular flexibility index (Phi) is 2.45. The Morgan fingerprint density at radius 1 is 1.44 bits per heavy atom. The van der Waals surface area contributed by atoms with Gasteiger partial charge in [-0.05, 0) is 12.8 Å². The molecule has 0 aromatic rings. The predicted octanol–water partition coefficient (Wildman–Crippen LogP) is -0.908. The largest absolute Gasteiger partial charge is 0.395 e. The van der Waals surface area contributed by atoms with Crippen molar-refractivity contribution in [2.24, 2.45) is 0 Å². The molecule has 9 heavy (non-hydrogen) atoms. The van der Waals surface area contributed by atoms with Gasteiger partial charge in [0, 0.05) is 12.6 Å². The maximum Gasteiger partial charge on any atom is 0.0665 e. The van der Waals surface area contributed by atoms with Crippen LogP contribution in [0, 0.1) is 0 Å². The topological polar surface area (TPSA) is 52.5 Å². The molecular weight excluding hydrogens is 118 g/mol. The summed E-state index contributed by atoms with van der Waals surface area (Å²) in [5, 5.41) is 20.6. The van der Waals surface area contributed by atoms with Crippen molar-refractivity contribution in [2.45, 2.75) is 25.0 Å². The second kappa shape index (κ2) is 3.15. The molecular formula is C6H13NO2. The minimum Gasteiger partial charge on any atom is -0.395 e. The van der Waals surface area contributed by atoms with Crippen molar-refractivity contribution in [1.82, 2.24) is 5.32 Å². The van der Waals surface area contributed by atoms with Crippen LogP contribution in [0.4, 0.5) is 0 Å². The smallest absolute Gasteiger partial charge is 0.0665 e. The first-order chi connectivity index (χ1) is 4.33. The number of aliphatic hydroxyl groups is 2. The first-order valence-corrected chi connectivity index (χ1v) is 3.35. The summed E-state index contributed by atoms with van der Waals surface area (Å²) in [4.78, 5) is 0. The van der Waals surface area contributed by atoms with E-state index in [4.69, 9.17) is 10.2 Å². The van der Waals surface area contributed by atoms with Crippen molar-refractivity contribution < 1.29 is 10.2 Å². The lowest BCUT2D eigenvalue weighted by Crippen LogP contribution is -2.43. The minimum absolute atomic E-state index is 0.187. The molecule has 54 valence electrons. The van der Waals surface area contributed by atoms with Crippen molar-refractivity contribution in [1.29, 1.82) is 0 Å². The lowest BCUT2D eigenvalue weighted by molar-refractivity contribution is 0.108. The fourth-order valence-electron chi connectivity index (χ4n) is 1.06. The zero-order valence-corrected chi connectivity index (χ0v) is 5.38. The van der Waals surface area contributed by atoms with Crippen molar-refractivity contribution in [2.75, 3.05) is 13.2 Å². The van der Waals surface area contributed by atoms with Crippen LogP contribution < -0.4 is 5.32 Å². The van der Waals surface area contributed by atoms with E-state index in [0.29, 0.717) is 6.54 Å². The summed E-state index contributed by atoms with van der Waals surface area (Å²) < 4.78 is 0. The molecule has 0 aromatic carbocycles. The molecule has 0 aliphatic carbocycles. The first kappa shape index (κ1) is 6.99. The van der Waals surface area contributed by atoms with Crippen LogP contribution in [0.5, 0.6) is 0 Å². The Hall–Kier alpha value is -0.120. The van der Waals surface area contributed by atoms with Crippen molar-refractivity contribution in [3.63, 3.8) is 0 Å². The highest BCUT2D eigenvalue weighted by Gasteiger charge is 2.16. The summed E-state index contributed by atoms with van der Waals surface area (Å²) in [6, 6.07) is 0.216. The molecule has 1 rings (SSSR count). The fourth-order valence-corrected chi connectivity index (χ4v) is 1.06. The summed E-state index contributed by atoms with van der Waals surface area (Å²) in [6.07, 6.45) is 1.50. The van der Waals surface area contributed by atoms with E-state index >= 15 is 0 Å². The van der Waals surface area contributed by atoms with Gasteiger partial charge in [0.15, 0.2) is 0 Å². The van der Waals surface area contributed by atoms with Crippen LogP contribution in [0.15, 0.2) is 0 Å². The highest BCUT2D eigenvalue weighted by Crippen LogP contribution is 2.06. The van der Waals surface area contributed by atoms with Gasteiger partial charge in [-0.1, -0.05) is 0 Å². The third-order valence-electron chi connectivity index (χ3n) is 1.71. The summed E-state index contributed by atoms with van der Waals surface area (Å²) in [6.45, 7) is 0.817. The number of nitrogens with one attached hydrogen (secondary N) is 1. The van der Waals surface area contributed by atoms with Gasteiger partial charge in [-0.25, -0.2) is 0 Å². The Morgan fingerprint density at radius 2 is 2.22 bits per heavy atom. The molecule has 3 nitrogen and oxygen atoms in total. The zero-order chi connectivity index (χ0) is 6.69. The van der Waals surface area contributed by atoms with E-state index in [9.17, 15) is 0 Å². The first-order valence-electron chi connectivity index (χ1n) is 3.35. The summed E-state index contributed by atoms with van der Waals surface area (Å²) in [5.41, 5.74) is 0. The summed E-state index contributed by atoms with van der Waals surface area (Å²) in [5.74, 6) is 0. The van der Waals surface area contributed by atoms with Crippen LogP contribution in [-0.2, 0) is 0 Å². The molecule has 0 aromatic heterocycles. The number of aliphatic hydroxyl groups excluding tert-OH is 2. The van der Waals surface area contributed by atoms with Gasteiger partial charge >= 0.3 is 0 Å². The van der Waals surface area contributed by atoms with E-state index in [1.807, 2.05) is 0 Å². The number of hydrogen-bond acceptors (Lipinski definition) is 3. The van der Waals surface area contributed by atoms with Crippen LogP contribution in [0.1, 0.15) is 12.8 Å². The van der Waals surface area contributed by atoms with Crippen LogP contribution in [-0.4, -0.2) is 35.5 Å². The highest BCUT2D eigenvalue weighted by molar-refractivity contribution is 4.75. The van der Waals surface area contributed by atoms with E-state index in [-0.39, 0.29) is 18.8 Å². The lowest BCUT2D eigenvalue weighted by Gasteiger charge is -2.25. The fraction of sp³-hybridized carbons (Fsp3) is 1.00. The highest BCUT2D eigenvalue weighted by atomic mass is 16.3. The zero-order valence-electron chi connectivity index (χ0n) is 5.38. The normalized spacial score (nSPS) is 36.7. The maximum absolute atomic E-state index is 8.98. The minimum atomic E-state index is -0.201. The lowest BCUT2D eigenvalue weighted by atomic mass is 10.0. The molecule has 0 spiro atoms. The Bertz CT molecular complexity index is 79.1. The van der Waals surface area contributed by atoms with Crippen LogP contribution in [0.25, 0.3) is 0 Å². The molecule has 1 aliphatic rings. The molecule has 0 radical (unpaired) electrons. The SMILES string of the molecule is OC[C@@H]1CC[C@@H](O)CN1. The standard InChI is InChI=1S/C6H13NO2/c8-4-5-1-2-6(9)3-7-5/h5-9H,1-4H2/t5-,6+/m0/s1. The van der Waals surface area contributed by atoms with Gasteiger partial charge in [0.1, 0.15) is 0 Å². The van der Waals surface area contributed by atoms with E-state index in [0.717, 1.165) is 12.8 Å². The van der Waals surface area contributed by atoms with Gasteiger partial charge in [0.2, 0.25) is 0 Å². The predicted molar refractivity (Wildman–Crippen MR) is 34.1 cm³/mol. The molecule has 0 unspecified atom stereocenters. The third kappa shape index (κ3) is 1.93. The number of hydrogen-bond donors (Lipinski definition) is 3. The summed E-state index contributed by atoms with van der Waals surface area (Å²) >= 11 is 0. The second-order valence-electron chi connectivity index (χ2n) is 2.52. The second-order valence-corrected chi connectivity index (χ2v) is 2.52. The van der Waals surface area contributed by atoms with Crippen LogP contribution in [0.2, 0.25) is 0 Å². The molecule has 3 N–H and O–H groups in total. The van der Waals surface area contributed by atoms with Crippen molar-refractivity contribution in [3.8, 4) is 0 Å². The average molecular weight is 131 g/mol. The van der Waals surface area contributed by atoms with Gasteiger partial charge < -0.3 is 15.5 Å². The van der Waals surface area contributed by atoms with Gasteiger partial charge in [0.05, 0.1) is 12.7 Å². The molecule has 0 bridgehead atoms. The molecule has 2 atom stereocenters. The Balaban J connectivity index is 2.18. The van der Waals surface area contributed by atoms with Gasteiger partial charge in [-0.3, -0.25) is 0 Å². The number of rotatable bonds is 1. The van der Waals surface area contributed by atoms with Crippen molar-refractivity contribution >= 4 is 0 Å². The van der Waals surface area contributed by atoms with E-state index in [1.165, 1.54) is 0 Å². The molecule has 0 saturated carbocycles. The monoisotopic (exact) mass is 131 g/mol. The average Bonchev–Trinajstić information content (AvgIpc) is 1.90. The molecule has 1 fully saturated rings. The Labute approximate surface area is 54.7 Å². The number of piperidine rings is 1. The number of β-amino-alcohol motifs (C(OH)–C–C–N with tert-alkyl or cyclic N) is 1. The van der Waals surface area contributed by atoms with Gasteiger partial charge in [0.25, 0.3) is 0 Å². The molecule has 1 saturated heterocycles. The molecule has 1 aliphatic heterocycles. The molecule has 3 heteroatoms. The van der Waals surface area contributed by atoms with Gasteiger partial charge in [-0.15, -0.1) is 0 Å². The third-order valence-corrected chi connectivity index (χ3v) is 1.71. The Morgan fingerprint density at radius 3 is 2.67 bits per heavy atom. The molecule has 1 heterocycles. The maximum atomic E-state index is 8.98. The quantitative estimate of drug-likeness (QED) is 0.432. The molecule has 0 amide bonds.